The molecule has 1 aliphatic rings. The quantitative estimate of drug-likeness (QED) is 0.618. The van der Waals surface area contributed by atoms with Crippen molar-refractivity contribution in [1.82, 2.24) is 5.48 Å². The third kappa shape index (κ3) is 9.41. The van der Waals surface area contributed by atoms with E-state index >= 15 is 0 Å². The third-order valence-electron chi connectivity index (χ3n) is 4.10. The molecule has 0 aromatic rings. The lowest BCUT2D eigenvalue weighted by Gasteiger charge is -2.25. The molecule has 1 unspecified atom stereocenters. The van der Waals surface area contributed by atoms with Gasteiger partial charge >= 0.3 is 11.9 Å². The Bertz CT molecular complexity index is 486. The lowest BCUT2D eigenvalue weighted by Crippen LogP contribution is -2.36. The average Bonchev–Trinajstić information content (AvgIpc) is 2.52. The third-order valence-corrected chi connectivity index (χ3v) is 4.10. The maximum atomic E-state index is 11.3. The van der Waals surface area contributed by atoms with Crippen LogP contribution in [0, 0.1) is 5.92 Å². The first kappa shape index (κ1) is 21.4. The largest absolute Gasteiger partial charge is 0.462 e. The molecule has 0 spiro atoms. The SMILES string of the molecule is CC(=O)OC/C=C(\C)[C@H]1NOCCCCCC(OC(C)=O)/C=C/[C@@H]1C. The summed E-state index contributed by atoms with van der Waals surface area (Å²) in [6.07, 6.45) is 9.47. The molecule has 0 aromatic heterocycles. The zero-order valence-corrected chi connectivity index (χ0v) is 15.7. The topological polar surface area (TPSA) is 73.9 Å². The highest BCUT2D eigenvalue weighted by molar-refractivity contribution is 5.66. The van der Waals surface area contributed by atoms with Crippen molar-refractivity contribution in [3.63, 3.8) is 0 Å². The Hall–Kier alpha value is -1.66. The number of hydrogen-bond donors (Lipinski definition) is 1. The predicted molar refractivity (Wildman–Crippen MR) is 95.6 cm³/mol. The Labute approximate surface area is 150 Å². The molecule has 0 fully saturated rings. The maximum absolute atomic E-state index is 11.3. The molecule has 0 saturated heterocycles. The summed E-state index contributed by atoms with van der Waals surface area (Å²) in [5, 5.41) is 0. The second kappa shape index (κ2) is 11.8. The standard InChI is InChI=1S/C19H31NO5/c1-14-9-10-18(25-17(4)22)8-6-5-7-12-24-20-19(14)15(2)11-13-23-16(3)21/h9-11,14,18-20H,5-8,12-13H2,1-4H3/b10-9+,15-11+/t14-,18?,19-/m0/s1. The summed E-state index contributed by atoms with van der Waals surface area (Å²) in [6.45, 7) is 7.74. The average molecular weight is 353 g/mol. The lowest BCUT2D eigenvalue weighted by molar-refractivity contribution is -0.144. The summed E-state index contributed by atoms with van der Waals surface area (Å²) in [5.41, 5.74) is 4.14. The highest BCUT2D eigenvalue weighted by Gasteiger charge is 2.19. The Kier molecular flexibility index (Phi) is 10.1. The summed E-state index contributed by atoms with van der Waals surface area (Å²) in [5.74, 6) is -0.444. The molecule has 0 radical (unpaired) electrons. The van der Waals surface area contributed by atoms with Crippen LogP contribution in [0.15, 0.2) is 23.8 Å². The van der Waals surface area contributed by atoms with E-state index in [1.165, 1.54) is 13.8 Å². The van der Waals surface area contributed by atoms with E-state index in [0.29, 0.717) is 6.61 Å². The molecule has 142 valence electrons. The second-order valence-corrected chi connectivity index (χ2v) is 6.44. The number of nitrogens with one attached hydrogen (secondary N) is 1. The summed E-state index contributed by atoms with van der Waals surface area (Å²) >= 11 is 0. The van der Waals surface area contributed by atoms with Gasteiger partial charge in [-0.15, -0.1) is 0 Å². The smallest absolute Gasteiger partial charge is 0.303 e. The molecule has 1 aliphatic heterocycles. The van der Waals surface area contributed by atoms with Crippen molar-refractivity contribution < 1.29 is 23.9 Å². The van der Waals surface area contributed by atoms with Crippen LogP contribution in [0.3, 0.4) is 0 Å². The van der Waals surface area contributed by atoms with Gasteiger partial charge in [0, 0.05) is 13.8 Å². The van der Waals surface area contributed by atoms with Gasteiger partial charge in [0.15, 0.2) is 0 Å². The normalized spacial score (nSPS) is 27.5. The van der Waals surface area contributed by atoms with E-state index < -0.39 is 0 Å². The molecule has 0 saturated carbocycles. The zero-order chi connectivity index (χ0) is 18.7. The van der Waals surface area contributed by atoms with Crippen LogP contribution in [0.25, 0.3) is 0 Å². The van der Waals surface area contributed by atoms with Gasteiger partial charge in [-0.3, -0.25) is 9.59 Å². The first-order valence-electron chi connectivity index (χ1n) is 8.93. The number of esters is 2. The Balaban J connectivity index is 2.82. The van der Waals surface area contributed by atoms with Crippen molar-refractivity contribution in [3.8, 4) is 0 Å². The lowest BCUT2D eigenvalue weighted by atomic mass is 9.94. The predicted octanol–water partition coefficient (Wildman–Crippen LogP) is 3.08. The molecule has 6 nitrogen and oxygen atoms in total. The van der Waals surface area contributed by atoms with Gasteiger partial charge in [0.05, 0.1) is 12.6 Å². The fourth-order valence-electron chi connectivity index (χ4n) is 2.70. The molecule has 1 rings (SSSR count). The van der Waals surface area contributed by atoms with Gasteiger partial charge < -0.3 is 14.3 Å². The molecule has 0 amide bonds. The van der Waals surface area contributed by atoms with Gasteiger partial charge in [-0.25, -0.2) is 0 Å². The Morgan fingerprint density at radius 1 is 1.16 bits per heavy atom. The fraction of sp³-hybridized carbons (Fsp3) is 0.684. The molecule has 0 bridgehead atoms. The first-order valence-corrected chi connectivity index (χ1v) is 8.93. The first-order chi connectivity index (χ1) is 11.9. The highest BCUT2D eigenvalue weighted by Crippen LogP contribution is 2.17. The van der Waals surface area contributed by atoms with Crippen LogP contribution in [0.4, 0.5) is 0 Å². The summed E-state index contributed by atoms with van der Waals surface area (Å²) in [7, 11) is 0. The minimum Gasteiger partial charge on any atom is -0.462 e. The van der Waals surface area contributed by atoms with Crippen LogP contribution < -0.4 is 5.48 Å². The van der Waals surface area contributed by atoms with Gasteiger partial charge in [-0.05, 0) is 44.3 Å². The van der Waals surface area contributed by atoms with E-state index in [4.69, 9.17) is 14.3 Å². The van der Waals surface area contributed by atoms with Crippen molar-refractivity contribution in [2.45, 2.75) is 65.5 Å². The van der Waals surface area contributed by atoms with Gasteiger partial charge in [-0.2, -0.15) is 5.48 Å². The number of carbonyl (C=O) groups is 2. The Morgan fingerprint density at radius 3 is 2.60 bits per heavy atom. The molecule has 1 N–H and O–H groups in total. The van der Waals surface area contributed by atoms with Crippen molar-refractivity contribution >= 4 is 11.9 Å². The number of rotatable bonds is 4. The fourth-order valence-corrected chi connectivity index (χ4v) is 2.70. The molecule has 3 atom stereocenters. The monoisotopic (exact) mass is 353 g/mol. The molecule has 1 heterocycles. The number of hydroxylamine groups is 1. The van der Waals surface area contributed by atoms with Gasteiger partial charge in [0.1, 0.15) is 12.7 Å². The molecule has 25 heavy (non-hydrogen) atoms. The van der Waals surface area contributed by atoms with E-state index in [-0.39, 0.29) is 36.6 Å². The van der Waals surface area contributed by atoms with Crippen LogP contribution in [0.5, 0.6) is 0 Å². The maximum Gasteiger partial charge on any atom is 0.303 e. The Morgan fingerprint density at radius 2 is 1.92 bits per heavy atom. The van der Waals surface area contributed by atoms with Gasteiger partial charge in [0.25, 0.3) is 0 Å². The highest BCUT2D eigenvalue weighted by atomic mass is 16.6. The summed E-state index contributed by atoms with van der Waals surface area (Å²) in [6, 6.07) is -0.0517. The minimum absolute atomic E-state index is 0.0517. The van der Waals surface area contributed by atoms with E-state index in [1.807, 2.05) is 25.2 Å². The van der Waals surface area contributed by atoms with Crippen molar-refractivity contribution in [2.75, 3.05) is 13.2 Å². The van der Waals surface area contributed by atoms with E-state index in [0.717, 1.165) is 31.3 Å². The summed E-state index contributed by atoms with van der Waals surface area (Å²) in [4.78, 5) is 27.8. The van der Waals surface area contributed by atoms with Crippen molar-refractivity contribution in [3.05, 3.63) is 23.8 Å². The number of ether oxygens (including phenoxy) is 2. The minimum atomic E-state index is -0.302. The zero-order valence-electron chi connectivity index (χ0n) is 15.7. The number of carbonyl (C=O) groups excluding carboxylic acids is 2. The van der Waals surface area contributed by atoms with E-state index in [9.17, 15) is 9.59 Å². The molecule has 0 aromatic carbocycles. The van der Waals surface area contributed by atoms with Crippen LogP contribution >= 0.6 is 0 Å². The molecule has 0 aliphatic carbocycles. The van der Waals surface area contributed by atoms with Gasteiger partial charge in [-0.1, -0.05) is 25.0 Å². The second-order valence-electron chi connectivity index (χ2n) is 6.44. The van der Waals surface area contributed by atoms with Crippen LogP contribution in [-0.2, 0) is 23.9 Å². The van der Waals surface area contributed by atoms with Crippen LogP contribution in [-0.4, -0.2) is 37.3 Å². The molecular formula is C19H31NO5. The van der Waals surface area contributed by atoms with Crippen LogP contribution in [0.2, 0.25) is 0 Å². The van der Waals surface area contributed by atoms with Crippen molar-refractivity contribution in [1.29, 1.82) is 0 Å². The van der Waals surface area contributed by atoms with Crippen LogP contribution in [0.1, 0.15) is 53.4 Å². The molecular weight excluding hydrogens is 322 g/mol. The summed E-state index contributed by atoms with van der Waals surface area (Å²) < 4.78 is 10.4. The molecule has 6 heteroatoms. The van der Waals surface area contributed by atoms with E-state index in [2.05, 4.69) is 12.4 Å². The number of hydrogen-bond acceptors (Lipinski definition) is 6. The van der Waals surface area contributed by atoms with E-state index in [1.54, 1.807) is 0 Å². The van der Waals surface area contributed by atoms with Gasteiger partial charge in [0.2, 0.25) is 0 Å². The van der Waals surface area contributed by atoms with Crippen molar-refractivity contribution in [2.24, 2.45) is 5.92 Å².